The van der Waals surface area contributed by atoms with Crippen LogP contribution in [0.5, 0.6) is 17.2 Å². The van der Waals surface area contributed by atoms with E-state index in [1.165, 1.54) is 0 Å². The first-order chi connectivity index (χ1) is 10.6. The van der Waals surface area contributed by atoms with Crippen molar-refractivity contribution in [3.05, 3.63) is 41.5 Å². The fourth-order valence-corrected chi connectivity index (χ4v) is 3.04. The van der Waals surface area contributed by atoms with Crippen molar-refractivity contribution in [1.82, 2.24) is 4.98 Å². The summed E-state index contributed by atoms with van der Waals surface area (Å²) in [6.45, 7) is 0. The summed E-state index contributed by atoms with van der Waals surface area (Å²) in [6.07, 6.45) is 0. The SMILES string of the molecule is COc1cc(OC)c2c(c1)C(=O)c1c-2[nH]c2ccc(O)cc12. The number of H-pyrrole nitrogens is 1. The van der Waals surface area contributed by atoms with Crippen LogP contribution in [0, 0.1) is 0 Å². The molecular formula is C17H13NO4. The number of methoxy groups -OCH3 is 2. The van der Waals surface area contributed by atoms with Gasteiger partial charge in [0.15, 0.2) is 5.78 Å². The van der Waals surface area contributed by atoms with Gasteiger partial charge in [-0.05, 0) is 24.3 Å². The van der Waals surface area contributed by atoms with Crippen molar-refractivity contribution in [2.45, 2.75) is 0 Å². The number of aromatic amines is 1. The van der Waals surface area contributed by atoms with Crippen LogP contribution in [0.4, 0.5) is 0 Å². The molecule has 0 unspecified atom stereocenters. The zero-order chi connectivity index (χ0) is 15.4. The Bertz CT molecular complexity index is 939. The minimum atomic E-state index is -0.0981. The molecule has 4 rings (SSSR count). The Balaban J connectivity index is 2.09. The summed E-state index contributed by atoms with van der Waals surface area (Å²) in [4.78, 5) is 16.0. The minimum absolute atomic E-state index is 0.0981. The maximum atomic E-state index is 12.8. The van der Waals surface area contributed by atoms with Gasteiger partial charge in [-0.2, -0.15) is 0 Å². The van der Waals surface area contributed by atoms with Gasteiger partial charge >= 0.3 is 0 Å². The Kier molecular flexibility index (Phi) is 2.48. The highest BCUT2D eigenvalue weighted by molar-refractivity contribution is 6.28. The number of fused-ring (bicyclic) bond motifs is 5. The summed E-state index contributed by atoms with van der Waals surface area (Å²) in [5.74, 6) is 1.18. The second-order valence-corrected chi connectivity index (χ2v) is 5.19. The second kappa shape index (κ2) is 4.27. The van der Waals surface area contributed by atoms with E-state index >= 15 is 0 Å². The Hall–Kier alpha value is -2.95. The van der Waals surface area contributed by atoms with E-state index < -0.39 is 0 Å². The lowest BCUT2D eigenvalue weighted by molar-refractivity contribution is 0.104. The Labute approximate surface area is 126 Å². The Morgan fingerprint density at radius 1 is 1.05 bits per heavy atom. The first kappa shape index (κ1) is 12.8. The van der Waals surface area contributed by atoms with Crippen molar-refractivity contribution in [1.29, 1.82) is 0 Å². The number of phenols is 1. The number of nitrogens with one attached hydrogen (secondary N) is 1. The van der Waals surface area contributed by atoms with Gasteiger partial charge in [-0.25, -0.2) is 0 Å². The van der Waals surface area contributed by atoms with Crippen molar-refractivity contribution in [3.8, 4) is 28.5 Å². The number of hydrogen-bond donors (Lipinski definition) is 2. The van der Waals surface area contributed by atoms with Crippen molar-refractivity contribution in [2.24, 2.45) is 0 Å². The molecule has 2 aromatic carbocycles. The molecule has 0 atom stereocenters. The lowest BCUT2D eigenvalue weighted by Crippen LogP contribution is -1.98. The summed E-state index contributed by atoms with van der Waals surface area (Å²) < 4.78 is 10.7. The van der Waals surface area contributed by atoms with Crippen LogP contribution in [-0.4, -0.2) is 30.1 Å². The molecule has 3 aromatic rings. The third-order valence-corrected chi connectivity index (χ3v) is 4.04. The van der Waals surface area contributed by atoms with E-state index in [-0.39, 0.29) is 11.5 Å². The number of phenolic OH excluding ortho intramolecular Hbond substituents is 1. The lowest BCUT2D eigenvalue weighted by Gasteiger charge is -2.09. The molecule has 1 aromatic heterocycles. The standard InChI is InChI=1S/C17H13NO4/c1-21-9-6-11-14(13(7-9)22-2)16-15(17(11)20)10-5-8(19)3-4-12(10)18-16/h3-7,18-19H,1-2H3. The van der Waals surface area contributed by atoms with Crippen LogP contribution in [-0.2, 0) is 0 Å². The zero-order valence-corrected chi connectivity index (χ0v) is 12.1. The Morgan fingerprint density at radius 3 is 2.59 bits per heavy atom. The quantitative estimate of drug-likeness (QED) is 0.596. The monoisotopic (exact) mass is 295 g/mol. The van der Waals surface area contributed by atoms with Gasteiger partial charge in [0.2, 0.25) is 0 Å². The molecule has 110 valence electrons. The molecule has 1 aliphatic rings. The number of aromatic hydroxyl groups is 1. The number of hydrogen-bond acceptors (Lipinski definition) is 4. The topological polar surface area (TPSA) is 71.5 Å². The van der Waals surface area contributed by atoms with Crippen LogP contribution < -0.4 is 9.47 Å². The van der Waals surface area contributed by atoms with Gasteiger partial charge in [0.25, 0.3) is 0 Å². The van der Waals surface area contributed by atoms with Gasteiger partial charge in [-0.15, -0.1) is 0 Å². The first-order valence-corrected chi connectivity index (χ1v) is 6.80. The van der Waals surface area contributed by atoms with Crippen LogP contribution in [0.25, 0.3) is 22.2 Å². The highest BCUT2D eigenvalue weighted by Gasteiger charge is 2.34. The van der Waals surface area contributed by atoms with Gasteiger partial charge in [0, 0.05) is 22.5 Å². The molecular weight excluding hydrogens is 282 g/mol. The highest BCUT2D eigenvalue weighted by Crippen LogP contribution is 2.47. The van der Waals surface area contributed by atoms with E-state index in [4.69, 9.17) is 9.47 Å². The average Bonchev–Trinajstić information content (AvgIpc) is 3.02. The molecule has 0 bridgehead atoms. The van der Waals surface area contributed by atoms with Crippen LogP contribution >= 0.6 is 0 Å². The molecule has 5 nitrogen and oxygen atoms in total. The van der Waals surface area contributed by atoms with Gasteiger partial charge in [0.1, 0.15) is 17.2 Å². The zero-order valence-electron chi connectivity index (χ0n) is 12.1. The summed E-state index contributed by atoms with van der Waals surface area (Å²) >= 11 is 0. The number of rotatable bonds is 2. The van der Waals surface area contributed by atoms with Gasteiger partial charge in [-0.1, -0.05) is 0 Å². The fraction of sp³-hybridized carbons (Fsp3) is 0.118. The van der Waals surface area contributed by atoms with E-state index in [1.807, 2.05) is 0 Å². The maximum Gasteiger partial charge on any atom is 0.196 e. The summed E-state index contributed by atoms with van der Waals surface area (Å²) in [5.41, 5.74) is 3.37. The molecule has 0 saturated heterocycles. The molecule has 0 amide bonds. The Morgan fingerprint density at radius 2 is 1.86 bits per heavy atom. The lowest BCUT2D eigenvalue weighted by atomic mass is 10.1. The molecule has 1 heterocycles. The van der Waals surface area contributed by atoms with Crippen LogP contribution in [0.15, 0.2) is 30.3 Å². The molecule has 5 heteroatoms. The van der Waals surface area contributed by atoms with Gasteiger partial charge in [0.05, 0.1) is 31.0 Å². The molecule has 0 radical (unpaired) electrons. The van der Waals surface area contributed by atoms with Crippen molar-refractivity contribution >= 4 is 16.7 Å². The number of ether oxygens (including phenoxy) is 2. The normalized spacial score (nSPS) is 12.4. The number of carbonyl (C=O) groups is 1. The number of benzene rings is 2. The third-order valence-electron chi connectivity index (χ3n) is 4.04. The number of ketones is 1. The van der Waals surface area contributed by atoms with Crippen molar-refractivity contribution < 1.29 is 19.4 Å². The maximum absolute atomic E-state index is 12.8. The second-order valence-electron chi connectivity index (χ2n) is 5.19. The molecule has 0 fully saturated rings. The van der Waals surface area contributed by atoms with Crippen LogP contribution in [0.1, 0.15) is 15.9 Å². The van der Waals surface area contributed by atoms with Gasteiger partial charge < -0.3 is 19.6 Å². The smallest absolute Gasteiger partial charge is 0.196 e. The third kappa shape index (κ3) is 1.50. The largest absolute Gasteiger partial charge is 0.508 e. The van der Waals surface area contributed by atoms with E-state index in [9.17, 15) is 9.90 Å². The molecule has 22 heavy (non-hydrogen) atoms. The van der Waals surface area contributed by atoms with Crippen LogP contribution in [0.2, 0.25) is 0 Å². The first-order valence-electron chi connectivity index (χ1n) is 6.80. The number of aromatic nitrogens is 1. The van der Waals surface area contributed by atoms with Crippen LogP contribution in [0.3, 0.4) is 0 Å². The molecule has 0 aliphatic heterocycles. The molecule has 2 N–H and O–H groups in total. The predicted octanol–water partition coefficient (Wildman–Crippen LogP) is 3.10. The average molecular weight is 295 g/mol. The van der Waals surface area contributed by atoms with E-state index in [0.29, 0.717) is 28.0 Å². The minimum Gasteiger partial charge on any atom is -0.508 e. The fourth-order valence-electron chi connectivity index (χ4n) is 3.04. The summed E-state index contributed by atoms with van der Waals surface area (Å²) in [5, 5.41) is 10.4. The number of carbonyl (C=O) groups excluding carboxylic acids is 1. The van der Waals surface area contributed by atoms with Crippen molar-refractivity contribution in [2.75, 3.05) is 14.2 Å². The van der Waals surface area contributed by atoms with E-state index in [1.54, 1.807) is 44.6 Å². The van der Waals surface area contributed by atoms with E-state index in [0.717, 1.165) is 16.8 Å². The molecule has 0 saturated carbocycles. The molecule has 1 aliphatic carbocycles. The summed E-state index contributed by atoms with van der Waals surface area (Å²) in [7, 11) is 3.11. The highest BCUT2D eigenvalue weighted by atomic mass is 16.5. The summed E-state index contributed by atoms with van der Waals surface area (Å²) in [6, 6.07) is 8.40. The van der Waals surface area contributed by atoms with E-state index in [2.05, 4.69) is 4.98 Å². The van der Waals surface area contributed by atoms with Crippen molar-refractivity contribution in [3.63, 3.8) is 0 Å². The predicted molar refractivity (Wildman–Crippen MR) is 81.9 cm³/mol. The van der Waals surface area contributed by atoms with Gasteiger partial charge in [-0.3, -0.25) is 4.79 Å². The molecule has 0 spiro atoms.